The number of aryl methyl sites for hydroxylation is 1. The number of anilines is 1. The van der Waals surface area contributed by atoms with Gasteiger partial charge < -0.3 is 25.3 Å². The van der Waals surface area contributed by atoms with Gasteiger partial charge in [-0.05, 0) is 55.2 Å². The summed E-state index contributed by atoms with van der Waals surface area (Å²) >= 11 is 0. The van der Waals surface area contributed by atoms with E-state index in [-0.39, 0.29) is 17.6 Å². The van der Waals surface area contributed by atoms with Gasteiger partial charge in [-0.2, -0.15) is 13.2 Å². The number of amides is 3. The molecule has 1 aliphatic carbocycles. The quantitative estimate of drug-likeness (QED) is 0.515. The zero-order chi connectivity index (χ0) is 24.6. The molecule has 1 unspecified atom stereocenters. The third-order valence-corrected chi connectivity index (χ3v) is 6.52. The predicted octanol–water partition coefficient (Wildman–Crippen LogP) is 4.34. The number of urea groups is 1. The molecule has 7 nitrogen and oxygen atoms in total. The highest BCUT2D eigenvalue weighted by Gasteiger charge is 2.31. The lowest BCUT2D eigenvalue weighted by Gasteiger charge is -2.28. The molecule has 2 aliphatic rings. The standard InChI is InChI=1S/C25H25F3N4O3/c26-25(27,28)15-3-1-4-16(13-15)29-24(34)30-17-7-8-20-19(14-17)22-18(5-2-6-21(22)31-20)23(33)32-9-11-35-12-10-32/h1-6,13,17,31H,7-12,14H2,(H2,29,30,34). The third-order valence-electron chi connectivity index (χ3n) is 6.52. The summed E-state index contributed by atoms with van der Waals surface area (Å²) < 4.78 is 44.2. The molecule has 184 valence electrons. The summed E-state index contributed by atoms with van der Waals surface area (Å²) in [6.07, 6.45) is -2.62. The molecule has 1 aliphatic heterocycles. The first kappa shape index (κ1) is 23.2. The number of ether oxygens (including phenoxy) is 1. The van der Waals surface area contributed by atoms with Gasteiger partial charge in [-0.1, -0.05) is 12.1 Å². The van der Waals surface area contributed by atoms with Crippen LogP contribution in [0.3, 0.4) is 0 Å². The van der Waals surface area contributed by atoms with E-state index in [9.17, 15) is 22.8 Å². The Hall–Kier alpha value is -3.53. The van der Waals surface area contributed by atoms with Crippen LogP contribution in [0.15, 0.2) is 42.5 Å². The van der Waals surface area contributed by atoms with Crippen molar-refractivity contribution in [3.63, 3.8) is 0 Å². The van der Waals surface area contributed by atoms with Gasteiger partial charge in [0.05, 0.1) is 18.8 Å². The van der Waals surface area contributed by atoms with Gasteiger partial charge in [-0.15, -0.1) is 0 Å². The molecule has 0 spiro atoms. The van der Waals surface area contributed by atoms with E-state index in [4.69, 9.17) is 4.74 Å². The summed E-state index contributed by atoms with van der Waals surface area (Å²) in [6.45, 7) is 2.11. The largest absolute Gasteiger partial charge is 0.416 e. The number of alkyl halides is 3. The topological polar surface area (TPSA) is 86.5 Å². The van der Waals surface area contributed by atoms with E-state index in [1.54, 1.807) is 4.90 Å². The molecule has 35 heavy (non-hydrogen) atoms. The maximum absolute atomic E-state index is 13.3. The van der Waals surface area contributed by atoms with Crippen LogP contribution in [0.5, 0.6) is 0 Å². The van der Waals surface area contributed by atoms with E-state index in [2.05, 4.69) is 15.6 Å². The Bertz CT molecular complexity index is 1260. The van der Waals surface area contributed by atoms with E-state index in [1.807, 2.05) is 18.2 Å². The summed E-state index contributed by atoms with van der Waals surface area (Å²) in [5.74, 6) is -0.0435. The highest BCUT2D eigenvalue weighted by atomic mass is 19.4. The molecule has 1 saturated heterocycles. The molecule has 1 aromatic heterocycles. The van der Waals surface area contributed by atoms with Crippen molar-refractivity contribution in [3.8, 4) is 0 Å². The molecule has 1 fully saturated rings. The van der Waals surface area contributed by atoms with Crippen LogP contribution < -0.4 is 10.6 Å². The molecular formula is C25H25F3N4O3. The number of rotatable bonds is 3. The van der Waals surface area contributed by atoms with Gasteiger partial charge >= 0.3 is 12.2 Å². The Kier molecular flexibility index (Phi) is 6.14. The Morgan fingerprint density at radius 2 is 1.86 bits per heavy atom. The maximum Gasteiger partial charge on any atom is 0.416 e. The van der Waals surface area contributed by atoms with Gasteiger partial charge in [0.25, 0.3) is 5.91 Å². The third kappa shape index (κ3) is 4.84. The zero-order valence-electron chi connectivity index (χ0n) is 18.9. The van der Waals surface area contributed by atoms with E-state index in [0.717, 1.165) is 34.3 Å². The lowest BCUT2D eigenvalue weighted by molar-refractivity contribution is -0.137. The van der Waals surface area contributed by atoms with E-state index in [1.165, 1.54) is 12.1 Å². The van der Waals surface area contributed by atoms with Crippen molar-refractivity contribution < 1.29 is 27.5 Å². The molecule has 1 atom stereocenters. The molecular weight excluding hydrogens is 461 g/mol. The van der Waals surface area contributed by atoms with Crippen LogP contribution in [0, 0.1) is 0 Å². The van der Waals surface area contributed by atoms with Crippen LogP contribution in [-0.4, -0.2) is 54.2 Å². The molecule has 5 rings (SSSR count). The predicted molar refractivity (Wildman–Crippen MR) is 124 cm³/mol. The lowest BCUT2D eigenvalue weighted by atomic mass is 9.90. The summed E-state index contributed by atoms with van der Waals surface area (Å²) in [5, 5.41) is 6.24. The van der Waals surface area contributed by atoms with Gasteiger partial charge in [0.2, 0.25) is 0 Å². The number of aromatic amines is 1. The SMILES string of the molecule is O=C(Nc1cccc(C(F)(F)F)c1)NC1CCc2[nH]c3cccc(C(=O)N4CCOCC4)c3c2C1. The van der Waals surface area contributed by atoms with Gasteiger partial charge in [0, 0.05) is 47.0 Å². The summed E-state index contributed by atoms with van der Waals surface area (Å²) in [7, 11) is 0. The Balaban J connectivity index is 1.33. The number of H-pyrrole nitrogens is 1. The number of carbonyl (C=O) groups excluding carboxylic acids is 2. The Morgan fingerprint density at radius 3 is 2.63 bits per heavy atom. The van der Waals surface area contributed by atoms with E-state index >= 15 is 0 Å². The summed E-state index contributed by atoms with van der Waals surface area (Å²) in [6, 6.07) is 9.36. The number of carbonyl (C=O) groups is 2. The number of nitrogens with one attached hydrogen (secondary N) is 3. The fourth-order valence-corrected chi connectivity index (χ4v) is 4.84. The number of hydrogen-bond acceptors (Lipinski definition) is 3. The molecule has 0 saturated carbocycles. The fraction of sp³-hybridized carbons (Fsp3) is 0.360. The summed E-state index contributed by atoms with van der Waals surface area (Å²) in [5.41, 5.74) is 2.78. The second-order valence-corrected chi connectivity index (χ2v) is 8.83. The number of nitrogens with zero attached hydrogens (tertiary/aromatic N) is 1. The Morgan fingerprint density at radius 1 is 1.09 bits per heavy atom. The molecule has 10 heteroatoms. The van der Waals surface area contributed by atoms with Gasteiger partial charge in [0.1, 0.15) is 0 Å². The highest BCUT2D eigenvalue weighted by Crippen LogP contribution is 2.33. The average Bonchev–Trinajstić information content (AvgIpc) is 3.22. The van der Waals surface area contributed by atoms with E-state index < -0.39 is 17.8 Å². The van der Waals surface area contributed by atoms with Gasteiger partial charge in [-0.25, -0.2) is 4.79 Å². The zero-order valence-corrected chi connectivity index (χ0v) is 18.9. The average molecular weight is 486 g/mol. The monoisotopic (exact) mass is 486 g/mol. The van der Waals surface area contributed by atoms with Crippen molar-refractivity contribution in [1.29, 1.82) is 0 Å². The lowest BCUT2D eigenvalue weighted by Crippen LogP contribution is -2.41. The number of hydrogen-bond donors (Lipinski definition) is 3. The Labute approximate surface area is 199 Å². The van der Waals surface area contributed by atoms with Crippen molar-refractivity contribution in [2.75, 3.05) is 31.6 Å². The summed E-state index contributed by atoms with van der Waals surface area (Å²) in [4.78, 5) is 31.0. The van der Waals surface area contributed by atoms with Crippen LogP contribution in [0.2, 0.25) is 0 Å². The fourth-order valence-electron chi connectivity index (χ4n) is 4.84. The maximum atomic E-state index is 13.3. The van der Waals surface area contributed by atoms with Crippen molar-refractivity contribution >= 4 is 28.5 Å². The molecule has 3 amide bonds. The van der Waals surface area contributed by atoms with Crippen molar-refractivity contribution in [1.82, 2.24) is 15.2 Å². The molecule has 0 bridgehead atoms. The van der Waals surface area contributed by atoms with Crippen LogP contribution in [-0.2, 0) is 23.8 Å². The molecule has 2 heterocycles. The van der Waals surface area contributed by atoms with Gasteiger partial charge in [0.15, 0.2) is 0 Å². The molecule has 2 aromatic carbocycles. The number of fused-ring (bicyclic) bond motifs is 3. The van der Waals surface area contributed by atoms with Crippen molar-refractivity contribution in [2.24, 2.45) is 0 Å². The highest BCUT2D eigenvalue weighted by molar-refractivity contribution is 6.08. The van der Waals surface area contributed by atoms with Crippen LogP contribution in [0.1, 0.15) is 33.6 Å². The first-order valence-electron chi connectivity index (χ1n) is 11.5. The minimum atomic E-state index is -4.49. The smallest absolute Gasteiger partial charge is 0.378 e. The van der Waals surface area contributed by atoms with Crippen LogP contribution in [0.25, 0.3) is 10.9 Å². The normalized spacial score (nSPS) is 18.3. The van der Waals surface area contributed by atoms with Gasteiger partial charge in [-0.3, -0.25) is 4.79 Å². The van der Waals surface area contributed by atoms with Crippen LogP contribution >= 0.6 is 0 Å². The number of benzene rings is 2. The van der Waals surface area contributed by atoms with E-state index in [0.29, 0.717) is 51.1 Å². The molecule has 3 aromatic rings. The number of aromatic nitrogens is 1. The second-order valence-electron chi connectivity index (χ2n) is 8.83. The minimum Gasteiger partial charge on any atom is -0.378 e. The molecule has 0 radical (unpaired) electrons. The number of halogens is 3. The van der Waals surface area contributed by atoms with Crippen molar-refractivity contribution in [2.45, 2.75) is 31.5 Å². The number of morpholine rings is 1. The van der Waals surface area contributed by atoms with Crippen molar-refractivity contribution in [3.05, 3.63) is 64.8 Å². The second kappa shape index (κ2) is 9.26. The molecule has 3 N–H and O–H groups in total. The van der Waals surface area contributed by atoms with Crippen LogP contribution in [0.4, 0.5) is 23.7 Å². The first-order chi connectivity index (χ1) is 16.8. The minimum absolute atomic E-state index is 0.0435. The first-order valence-corrected chi connectivity index (χ1v) is 11.5.